The fraction of sp³-hybridized carbons (Fsp3) is 0.650. The first-order valence-electron chi connectivity index (χ1n) is 9.31. The second kappa shape index (κ2) is 7.96. The van der Waals surface area contributed by atoms with E-state index in [0.717, 1.165) is 45.4 Å². The molecule has 2 fully saturated rings. The molecule has 1 aromatic carbocycles. The molecule has 1 saturated heterocycles. The summed E-state index contributed by atoms with van der Waals surface area (Å²) in [5.74, 6) is 0.742. The summed E-state index contributed by atoms with van der Waals surface area (Å²) in [6.45, 7) is 6.20. The number of nitrogens with zero attached hydrogens (tertiary/aromatic N) is 2. The van der Waals surface area contributed by atoms with Crippen LogP contribution in [0.1, 0.15) is 44.6 Å². The summed E-state index contributed by atoms with van der Waals surface area (Å²) < 4.78 is 0. The molecule has 0 bridgehead atoms. The van der Waals surface area contributed by atoms with Crippen molar-refractivity contribution in [3.8, 4) is 0 Å². The van der Waals surface area contributed by atoms with Gasteiger partial charge in [-0.3, -0.25) is 9.69 Å². The highest BCUT2D eigenvalue weighted by Crippen LogP contribution is 2.26. The lowest BCUT2D eigenvalue weighted by molar-refractivity contribution is -0.139. The smallest absolute Gasteiger partial charge is 0.225 e. The maximum Gasteiger partial charge on any atom is 0.225 e. The van der Waals surface area contributed by atoms with Crippen molar-refractivity contribution in [2.75, 3.05) is 26.2 Å². The van der Waals surface area contributed by atoms with Crippen LogP contribution in [0.5, 0.6) is 0 Å². The number of hydrogen-bond acceptors (Lipinski definition) is 2. The van der Waals surface area contributed by atoms with Crippen LogP contribution in [-0.2, 0) is 11.2 Å². The lowest BCUT2D eigenvalue weighted by atomic mass is 9.88. The van der Waals surface area contributed by atoms with Gasteiger partial charge in [0, 0.05) is 38.1 Å². The molecule has 126 valence electrons. The third-order valence-electron chi connectivity index (χ3n) is 5.56. The van der Waals surface area contributed by atoms with E-state index in [-0.39, 0.29) is 0 Å². The van der Waals surface area contributed by atoms with Crippen molar-refractivity contribution in [3.63, 3.8) is 0 Å². The van der Waals surface area contributed by atoms with Gasteiger partial charge in [0.25, 0.3) is 0 Å². The molecule has 0 aromatic heterocycles. The first-order valence-corrected chi connectivity index (χ1v) is 9.31. The minimum atomic E-state index is 0.312. The number of amides is 1. The molecule has 2 aliphatic rings. The Bertz CT molecular complexity index is 496. The van der Waals surface area contributed by atoms with Crippen molar-refractivity contribution in [1.82, 2.24) is 9.80 Å². The Labute approximate surface area is 140 Å². The molecule has 0 N–H and O–H groups in total. The maximum absolute atomic E-state index is 12.7. The van der Waals surface area contributed by atoms with E-state index in [9.17, 15) is 4.79 Å². The molecule has 3 rings (SSSR count). The SMILES string of the molecule is CC1CN(C(=O)C2CCCCC2)CCN1CCc1ccccc1. The Morgan fingerprint density at radius 2 is 1.83 bits per heavy atom. The molecule has 1 saturated carbocycles. The van der Waals surface area contributed by atoms with Crippen molar-refractivity contribution in [3.05, 3.63) is 35.9 Å². The minimum Gasteiger partial charge on any atom is -0.340 e. The Morgan fingerprint density at radius 1 is 1.09 bits per heavy atom. The highest BCUT2D eigenvalue weighted by atomic mass is 16.2. The van der Waals surface area contributed by atoms with Crippen LogP contribution in [0.2, 0.25) is 0 Å². The van der Waals surface area contributed by atoms with E-state index in [2.05, 4.69) is 47.1 Å². The van der Waals surface area contributed by atoms with Gasteiger partial charge in [0.1, 0.15) is 0 Å². The summed E-state index contributed by atoms with van der Waals surface area (Å²) in [5.41, 5.74) is 1.40. The monoisotopic (exact) mass is 314 g/mol. The number of carbonyl (C=O) groups is 1. The van der Waals surface area contributed by atoms with Gasteiger partial charge < -0.3 is 4.90 Å². The molecule has 0 spiro atoms. The molecule has 1 aliphatic heterocycles. The van der Waals surface area contributed by atoms with Gasteiger partial charge in [-0.1, -0.05) is 49.6 Å². The predicted molar refractivity (Wildman–Crippen MR) is 94.3 cm³/mol. The van der Waals surface area contributed by atoms with E-state index in [1.54, 1.807) is 0 Å². The summed E-state index contributed by atoms with van der Waals surface area (Å²) in [7, 11) is 0. The van der Waals surface area contributed by atoms with Crippen molar-refractivity contribution >= 4 is 5.91 Å². The van der Waals surface area contributed by atoms with Gasteiger partial charge in [-0.05, 0) is 31.7 Å². The third kappa shape index (κ3) is 4.35. The molecule has 1 unspecified atom stereocenters. The molecule has 3 nitrogen and oxygen atoms in total. The van der Waals surface area contributed by atoms with Crippen molar-refractivity contribution in [2.24, 2.45) is 5.92 Å². The van der Waals surface area contributed by atoms with Gasteiger partial charge in [-0.2, -0.15) is 0 Å². The van der Waals surface area contributed by atoms with Crippen LogP contribution in [-0.4, -0.2) is 47.9 Å². The van der Waals surface area contributed by atoms with Gasteiger partial charge in [-0.25, -0.2) is 0 Å². The Hall–Kier alpha value is -1.35. The van der Waals surface area contributed by atoms with Crippen LogP contribution < -0.4 is 0 Å². The van der Waals surface area contributed by atoms with E-state index in [0.29, 0.717) is 17.9 Å². The molecule has 1 aliphatic carbocycles. The number of carbonyl (C=O) groups excluding carboxylic acids is 1. The molecule has 0 radical (unpaired) electrons. The lowest BCUT2D eigenvalue weighted by Gasteiger charge is -2.41. The van der Waals surface area contributed by atoms with Gasteiger partial charge in [-0.15, -0.1) is 0 Å². The third-order valence-corrected chi connectivity index (χ3v) is 5.56. The highest BCUT2D eigenvalue weighted by Gasteiger charge is 2.31. The largest absolute Gasteiger partial charge is 0.340 e. The maximum atomic E-state index is 12.7. The van der Waals surface area contributed by atoms with Crippen LogP contribution in [0.25, 0.3) is 0 Å². The van der Waals surface area contributed by atoms with E-state index in [1.165, 1.54) is 24.8 Å². The summed E-state index contributed by atoms with van der Waals surface area (Å²) in [4.78, 5) is 17.4. The van der Waals surface area contributed by atoms with Gasteiger partial charge in [0.15, 0.2) is 0 Å². The van der Waals surface area contributed by atoms with Crippen LogP contribution in [0.15, 0.2) is 30.3 Å². The number of benzene rings is 1. The van der Waals surface area contributed by atoms with Crippen molar-refractivity contribution < 1.29 is 4.79 Å². The van der Waals surface area contributed by atoms with Crippen LogP contribution in [0.4, 0.5) is 0 Å². The normalized spacial score (nSPS) is 23.9. The summed E-state index contributed by atoms with van der Waals surface area (Å²) in [6, 6.07) is 11.2. The highest BCUT2D eigenvalue weighted by molar-refractivity contribution is 5.79. The van der Waals surface area contributed by atoms with E-state index < -0.39 is 0 Å². The van der Waals surface area contributed by atoms with Gasteiger partial charge in [0.2, 0.25) is 5.91 Å². The molecular weight excluding hydrogens is 284 g/mol. The van der Waals surface area contributed by atoms with Crippen molar-refractivity contribution in [1.29, 1.82) is 0 Å². The van der Waals surface area contributed by atoms with Gasteiger partial charge >= 0.3 is 0 Å². The topological polar surface area (TPSA) is 23.6 Å². The summed E-state index contributed by atoms with van der Waals surface area (Å²) >= 11 is 0. The first kappa shape index (κ1) is 16.5. The molecule has 3 heteroatoms. The average molecular weight is 314 g/mol. The van der Waals surface area contributed by atoms with Crippen LogP contribution in [0.3, 0.4) is 0 Å². The molecule has 1 atom stereocenters. The Morgan fingerprint density at radius 3 is 2.52 bits per heavy atom. The zero-order valence-electron chi connectivity index (χ0n) is 14.4. The minimum absolute atomic E-state index is 0.312. The molecule has 1 amide bonds. The van der Waals surface area contributed by atoms with Crippen LogP contribution >= 0.6 is 0 Å². The predicted octanol–water partition coefficient (Wildman–Crippen LogP) is 3.34. The zero-order valence-corrected chi connectivity index (χ0v) is 14.4. The molecule has 1 heterocycles. The summed E-state index contributed by atoms with van der Waals surface area (Å²) in [5, 5.41) is 0. The Balaban J connectivity index is 1.48. The summed E-state index contributed by atoms with van der Waals surface area (Å²) in [6.07, 6.45) is 7.12. The molecule has 23 heavy (non-hydrogen) atoms. The number of piperazine rings is 1. The van der Waals surface area contributed by atoms with Gasteiger partial charge in [0.05, 0.1) is 0 Å². The first-order chi connectivity index (χ1) is 11.2. The lowest BCUT2D eigenvalue weighted by Crippen LogP contribution is -2.55. The quantitative estimate of drug-likeness (QED) is 0.851. The average Bonchev–Trinajstić information content (AvgIpc) is 2.61. The molecular formula is C20H30N2O. The van der Waals surface area contributed by atoms with Crippen molar-refractivity contribution in [2.45, 2.75) is 51.5 Å². The molecule has 1 aromatic rings. The Kier molecular flexibility index (Phi) is 5.71. The standard InChI is InChI=1S/C20H30N2O/c1-17-16-22(20(23)19-10-6-3-7-11-19)15-14-21(17)13-12-18-8-4-2-5-9-18/h2,4-5,8-9,17,19H,3,6-7,10-16H2,1H3. The van der Waals surface area contributed by atoms with E-state index in [4.69, 9.17) is 0 Å². The van der Waals surface area contributed by atoms with E-state index in [1.807, 2.05) is 0 Å². The fourth-order valence-corrected chi connectivity index (χ4v) is 4.05. The second-order valence-corrected chi connectivity index (χ2v) is 7.24. The van der Waals surface area contributed by atoms with Crippen LogP contribution in [0, 0.1) is 5.92 Å². The zero-order chi connectivity index (χ0) is 16.1. The second-order valence-electron chi connectivity index (χ2n) is 7.24. The van der Waals surface area contributed by atoms with E-state index >= 15 is 0 Å². The number of rotatable bonds is 4. The number of hydrogen-bond donors (Lipinski definition) is 0. The fourth-order valence-electron chi connectivity index (χ4n) is 4.05.